The number of rotatable bonds is 3. The van der Waals surface area contributed by atoms with Crippen LogP contribution < -0.4 is 0 Å². The summed E-state index contributed by atoms with van der Waals surface area (Å²) in [5.74, 6) is 0.0827. The molecule has 4 rings (SSSR count). The highest BCUT2D eigenvalue weighted by molar-refractivity contribution is 7.14. The van der Waals surface area contributed by atoms with Crippen LogP contribution >= 0.6 is 11.3 Å². The van der Waals surface area contributed by atoms with E-state index in [1.54, 1.807) is 19.0 Å². The number of amides is 2. The zero-order chi connectivity index (χ0) is 19.1. The number of thiophene rings is 1. The summed E-state index contributed by atoms with van der Waals surface area (Å²) in [4.78, 5) is 30.9. The molecule has 0 bridgehead atoms. The van der Waals surface area contributed by atoms with Gasteiger partial charge in [0.25, 0.3) is 11.8 Å². The van der Waals surface area contributed by atoms with Gasteiger partial charge in [0, 0.05) is 49.7 Å². The van der Waals surface area contributed by atoms with Crippen LogP contribution in [0.4, 0.5) is 0 Å². The van der Waals surface area contributed by atoms with Crippen LogP contribution in [-0.2, 0) is 7.05 Å². The van der Waals surface area contributed by atoms with E-state index in [4.69, 9.17) is 0 Å². The number of nitrogens with zero attached hydrogens (tertiary/aromatic N) is 3. The second-order valence-electron chi connectivity index (χ2n) is 7.23. The van der Waals surface area contributed by atoms with Crippen LogP contribution in [0.5, 0.6) is 0 Å². The zero-order valence-electron chi connectivity index (χ0n) is 15.8. The summed E-state index contributed by atoms with van der Waals surface area (Å²) in [5.41, 5.74) is 1.81. The highest BCUT2D eigenvalue weighted by Gasteiger charge is 2.33. The standard InChI is InChI=1S/C21H23N3O2S/c1-22(2)21(26)19-11-10-18(27-19)17-9-6-12-24(17)20(25)15-13-23(3)16-8-5-4-7-14(15)16/h4-5,7-8,10-11,13,17H,6,9,12H2,1-3H3/t17-/m0/s1. The molecule has 1 aliphatic heterocycles. The molecule has 0 saturated carbocycles. The molecule has 0 aliphatic carbocycles. The van der Waals surface area contributed by atoms with Gasteiger partial charge in [0.1, 0.15) is 0 Å². The number of aromatic nitrogens is 1. The first kappa shape index (κ1) is 17.8. The SMILES string of the molecule is CN(C)C(=O)c1ccc([C@@H]2CCCN2C(=O)c2cn(C)c3ccccc23)s1. The molecule has 1 aliphatic rings. The molecule has 2 amide bonds. The molecule has 140 valence electrons. The van der Waals surface area contributed by atoms with Gasteiger partial charge in [0.15, 0.2) is 0 Å². The number of hydrogen-bond donors (Lipinski definition) is 0. The average molecular weight is 382 g/mol. The van der Waals surface area contributed by atoms with Crippen molar-refractivity contribution in [3.63, 3.8) is 0 Å². The summed E-state index contributed by atoms with van der Waals surface area (Å²) < 4.78 is 2.01. The first-order chi connectivity index (χ1) is 13.0. The van der Waals surface area contributed by atoms with E-state index in [0.717, 1.165) is 45.6 Å². The van der Waals surface area contributed by atoms with Crippen LogP contribution in [0.2, 0.25) is 0 Å². The second-order valence-corrected chi connectivity index (χ2v) is 8.34. The van der Waals surface area contributed by atoms with Crippen LogP contribution in [0.25, 0.3) is 10.9 Å². The van der Waals surface area contributed by atoms with Crippen molar-refractivity contribution >= 4 is 34.1 Å². The summed E-state index contributed by atoms with van der Waals surface area (Å²) in [6.45, 7) is 0.752. The molecule has 5 nitrogen and oxygen atoms in total. The van der Waals surface area contributed by atoms with Gasteiger partial charge in [-0.15, -0.1) is 11.3 Å². The maximum Gasteiger partial charge on any atom is 0.263 e. The Bertz CT molecular complexity index is 1020. The van der Waals surface area contributed by atoms with Crippen molar-refractivity contribution in [2.45, 2.75) is 18.9 Å². The summed E-state index contributed by atoms with van der Waals surface area (Å²) in [5, 5.41) is 0.991. The van der Waals surface area contributed by atoms with Crippen molar-refractivity contribution in [1.29, 1.82) is 0 Å². The molecule has 0 unspecified atom stereocenters. The smallest absolute Gasteiger partial charge is 0.263 e. The van der Waals surface area contributed by atoms with Crippen LogP contribution in [0.3, 0.4) is 0 Å². The molecule has 3 aromatic rings. The third-order valence-corrected chi connectivity index (χ3v) is 6.39. The van der Waals surface area contributed by atoms with Crippen molar-refractivity contribution in [2.75, 3.05) is 20.6 Å². The van der Waals surface area contributed by atoms with E-state index in [1.165, 1.54) is 11.3 Å². The van der Waals surface area contributed by atoms with Crippen LogP contribution in [0.1, 0.15) is 43.8 Å². The number of benzene rings is 1. The third-order valence-electron chi connectivity index (χ3n) is 5.21. The molecule has 0 N–H and O–H groups in total. The Kier molecular flexibility index (Phi) is 4.52. The van der Waals surface area contributed by atoms with Crippen molar-refractivity contribution in [3.8, 4) is 0 Å². The summed E-state index contributed by atoms with van der Waals surface area (Å²) in [6.07, 6.45) is 3.85. The van der Waals surface area contributed by atoms with Crippen LogP contribution in [0, 0.1) is 0 Å². The monoisotopic (exact) mass is 381 g/mol. The molecule has 1 aromatic carbocycles. The maximum atomic E-state index is 13.3. The number of fused-ring (bicyclic) bond motifs is 1. The fraction of sp³-hybridized carbons (Fsp3) is 0.333. The van der Waals surface area contributed by atoms with E-state index in [2.05, 4.69) is 0 Å². The lowest BCUT2D eigenvalue weighted by molar-refractivity contribution is 0.0739. The Labute approximate surface area is 162 Å². The van der Waals surface area contributed by atoms with E-state index >= 15 is 0 Å². The molecule has 3 heterocycles. The second kappa shape index (κ2) is 6.85. The Balaban J connectivity index is 1.65. The third kappa shape index (κ3) is 3.04. The number of carbonyl (C=O) groups is 2. The van der Waals surface area contributed by atoms with Gasteiger partial charge >= 0.3 is 0 Å². The minimum absolute atomic E-state index is 0.0103. The number of likely N-dealkylation sites (tertiary alicyclic amines) is 1. The van der Waals surface area contributed by atoms with Gasteiger partial charge in [-0.2, -0.15) is 0 Å². The van der Waals surface area contributed by atoms with Crippen molar-refractivity contribution in [3.05, 3.63) is 57.9 Å². The van der Waals surface area contributed by atoms with E-state index in [-0.39, 0.29) is 17.9 Å². The maximum absolute atomic E-state index is 13.3. The lowest BCUT2D eigenvalue weighted by Gasteiger charge is -2.23. The highest BCUT2D eigenvalue weighted by Crippen LogP contribution is 2.38. The Hall–Kier alpha value is -2.60. The van der Waals surface area contributed by atoms with Gasteiger partial charge in [-0.3, -0.25) is 9.59 Å². The Morgan fingerprint density at radius 3 is 2.70 bits per heavy atom. The van der Waals surface area contributed by atoms with Crippen molar-refractivity contribution in [2.24, 2.45) is 7.05 Å². The molecular weight excluding hydrogens is 358 g/mol. The molecule has 0 radical (unpaired) electrons. The molecule has 0 spiro atoms. The fourth-order valence-corrected chi connectivity index (χ4v) is 5.02. The number of aryl methyl sites for hydroxylation is 1. The molecule has 1 saturated heterocycles. The molecule has 27 heavy (non-hydrogen) atoms. The zero-order valence-corrected chi connectivity index (χ0v) is 16.6. The topological polar surface area (TPSA) is 45.6 Å². The van der Waals surface area contributed by atoms with E-state index in [0.29, 0.717) is 0 Å². The lowest BCUT2D eigenvalue weighted by atomic mass is 10.1. The Morgan fingerprint density at radius 2 is 1.93 bits per heavy atom. The van der Waals surface area contributed by atoms with Gasteiger partial charge in [-0.1, -0.05) is 18.2 Å². The van der Waals surface area contributed by atoms with Crippen molar-refractivity contribution < 1.29 is 9.59 Å². The predicted molar refractivity (Wildman–Crippen MR) is 108 cm³/mol. The van der Waals surface area contributed by atoms with Gasteiger partial charge in [-0.25, -0.2) is 0 Å². The molecular formula is C21H23N3O2S. The number of carbonyl (C=O) groups excluding carboxylic acids is 2. The largest absolute Gasteiger partial charge is 0.350 e. The van der Waals surface area contributed by atoms with Gasteiger partial charge in [-0.05, 0) is 31.0 Å². The average Bonchev–Trinajstić information content (AvgIpc) is 3.39. The number of hydrogen-bond acceptors (Lipinski definition) is 3. The van der Waals surface area contributed by atoms with E-state index in [1.807, 2.05) is 59.1 Å². The Morgan fingerprint density at radius 1 is 1.15 bits per heavy atom. The van der Waals surface area contributed by atoms with Crippen LogP contribution in [-0.4, -0.2) is 46.8 Å². The molecule has 1 atom stereocenters. The highest BCUT2D eigenvalue weighted by atomic mass is 32.1. The lowest BCUT2D eigenvalue weighted by Crippen LogP contribution is -2.30. The molecule has 6 heteroatoms. The van der Waals surface area contributed by atoms with Gasteiger partial charge < -0.3 is 14.4 Å². The first-order valence-electron chi connectivity index (χ1n) is 9.14. The minimum atomic E-state index is 0.0103. The summed E-state index contributed by atoms with van der Waals surface area (Å²) in [6, 6.07) is 11.9. The summed E-state index contributed by atoms with van der Waals surface area (Å²) in [7, 11) is 5.49. The molecule has 2 aromatic heterocycles. The first-order valence-corrected chi connectivity index (χ1v) is 9.95. The van der Waals surface area contributed by atoms with Crippen molar-refractivity contribution in [1.82, 2.24) is 14.4 Å². The normalized spacial score (nSPS) is 16.9. The number of para-hydroxylation sites is 1. The van der Waals surface area contributed by atoms with Gasteiger partial charge in [0.05, 0.1) is 16.5 Å². The fourth-order valence-electron chi connectivity index (χ4n) is 3.84. The minimum Gasteiger partial charge on any atom is -0.350 e. The van der Waals surface area contributed by atoms with Gasteiger partial charge in [0.2, 0.25) is 0 Å². The van der Waals surface area contributed by atoms with E-state index < -0.39 is 0 Å². The summed E-state index contributed by atoms with van der Waals surface area (Å²) >= 11 is 1.50. The predicted octanol–water partition coefficient (Wildman–Crippen LogP) is 3.92. The quantitative estimate of drug-likeness (QED) is 0.690. The van der Waals surface area contributed by atoms with E-state index in [9.17, 15) is 9.59 Å². The van der Waals surface area contributed by atoms with Crippen LogP contribution in [0.15, 0.2) is 42.6 Å². The molecule has 1 fully saturated rings.